The molecule has 9 nitrogen and oxygen atoms in total. The van der Waals surface area contributed by atoms with E-state index in [1.165, 1.54) is 4.90 Å². The third kappa shape index (κ3) is 4.42. The molecule has 1 aromatic heterocycles. The van der Waals surface area contributed by atoms with Crippen molar-refractivity contribution in [3.05, 3.63) is 16.5 Å². The molecule has 33 heavy (non-hydrogen) atoms. The highest BCUT2D eigenvalue weighted by Gasteiger charge is 2.45. The number of ether oxygens (including phenoxy) is 2. The number of aliphatic hydroxyl groups excluding tert-OH is 1. The van der Waals surface area contributed by atoms with Gasteiger partial charge in [-0.15, -0.1) is 0 Å². The molecule has 0 bridgehead atoms. The molecule has 11 heteroatoms. The molecule has 1 unspecified atom stereocenters. The normalized spacial score (nSPS) is 24.7. The van der Waals surface area contributed by atoms with Crippen molar-refractivity contribution in [3.8, 4) is 5.75 Å². The van der Waals surface area contributed by atoms with Gasteiger partial charge in [0.25, 0.3) is 5.91 Å². The fourth-order valence-electron chi connectivity index (χ4n) is 4.69. The Balaban J connectivity index is 1.68. The van der Waals surface area contributed by atoms with E-state index in [0.717, 1.165) is 0 Å². The first kappa shape index (κ1) is 23.8. The average molecular weight is 485 g/mol. The second-order valence-corrected chi connectivity index (χ2v) is 10.8. The van der Waals surface area contributed by atoms with Gasteiger partial charge in [0.15, 0.2) is 10.9 Å². The lowest BCUT2D eigenvalue weighted by atomic mass is 10.0. The number of halogens is 2. The Morgan fingerprint density at radius 2 is 2.00 bits per heavy atom. The topological polar surface area (TPSA) is 95.4 Å². The largest absolute Gasteiger partial charge is 0.487 e. The van der Waals surface area contributed by atoms with Gasteiger partial charge in [-0.05, 0) is 41.0 Å². The Morgan fingerprint density at radius 1 is 1.30 bits per heavy atom. The molecule has 0 saturated carbocycles. The van der Waals surface area contributed by atoms with Crippen LogP contribution in [0, 0.1) is 5.82 Å². The van der Waals surface area contributed by atoms with Gasteiger partial charge in [0.1, 0.15) is 23.6 Å². The van der Waals surface area contributed by atoms with Gasteiger partial charge in [0.2, 0.25) is 5.82 Å². The number of fused-ring (bicyclic) bond motifs is 2. The summed E-state index contributed by atoms with van der Waals surface area (Å²) in [5, 5.41) is 9.84. The van der Waals surface area contributed by atoms with Crippen LogP contribution in [0.15, 0.2) is 0 Å². The minimum Gasteiger partial charge on any atom is -0.487 e. The van der Waals surface area contributed by atoms with Crippen LogP contribution in [0.1, 0.15) is 51.4 Å². The fraction of sp³-hybridized carbons (Fsp3) is 0.682. The van der Waals surface area contributed by atoms with Gasteiger partial charge >= 0.3 is 6.09 Å². The highest BCUT2D eigenvalue weighted by atomic mass is 35.5. The maximum Gasteiger partial charge on any atom is 0.410 e. The maximum absolute atomic E-state index is 15.0. The minimum atomic E-state index is -0.898. The fourth-order valence-corrected chi connectivity index (χ4v) is 4.86. The van der Waals surface area contributed by atoms with E-state index in [9.17, 15) is 19.1 Å². The number of nitrogens with zero attached hydrogens (tertiary/aromatic N) is 4. The Kier molecular flexibility index (Phi) is 5.89. The third-order valence-electron chi connectivity index (χ3n) is 6.18. The Hall–Kier alpha value is -2.33. The molecular weight excluding hydrogens is 455 g/mol. The number of carbonyl (C=O) groups is 2. The van der Waals surface area contributed by atoms with Crippen molar-refractivity contribution in [3.63, 3.8) is 0 Å². The van der Waals surface area contributed by atoms with Crippen LogP contribution in [0.2, 0.25) is 5.15 Å². The number of anilines is 1. The molecule has 2 amide bonds. The molecule has 0 aromatic carbocycles. The molecule has 0 spiro atoms. The van der Waals surface area contributed by atoms with Gasteiger partial charge in [-0.1, -0.05) is 11.6 Å². The smallest absolute Gasteiger partial charge is 0.410 e. The minimum absolute atomic E-state index is 0.00714. The number of pyridine rings is 1. The molecule has 3 aliphatic heterocycles. The number of amides is 2. The zero-order chi connectivity index (χ0) is 24.3. The molecule has 0 aliphatic carbocycles. The van der Waals surface area contributed by atoms with Crippen LogP contribution in [0.3, 0.4) is 0 Å². The lowest BCUT2D eigenvalue weighted by Crippen LogP contribution is -2.58. The first-order chi connectivity index (χ1) is 15.3. The van der Waals surface area contributed by atoms with Crippen molar-refractivity contribution in [2.45, 2.75) is 64.3 Å². The maximum atomic E-state index is 15.0. The van der Waals surface area contributed by atoms with Crippen LogP contribution < -0.4 is 9.64 Å². The first-order valence-electron chi connectivity index (χ1n) is 11.0. The number of aliphatic hydroxyl groups is 1. The molecule has 2 fully saturated rings. The van der Waals surface area contributed by atoms with Gasteiger partial charge in [-0.2, -0.15) is 4.39 Å². The Labute approximate surface area is 197 Å². The van der Waals surface area contributed by atoms with E-state index in [0.29, 0.717) is 6.42 Å². The highest BCUT2D eigenvalue weighted by Crippen LogP contribution is 2.42. The van der Waals surface area contributed by atoms with Crippen molar-refractivity contribution < 1.29 is 28.6 Å². The van der Waals surface area contributed by atoms with Gasteiger partial charge in [-0.25, -0.2) is 9.78 Å². The van der Waals surface area contributed by atoms with Crippen molar-refractivity contribution in [2.24, 2.45) is 0 Å². The summed E-state index contributed by atoms with van der Waals surface area (Å²) in [6.07, 6.45) is -0.626. The van der Waals surface area contributed by atoms with Gasteiger partial charge < -0.3 is 29.3 Å². The average Bonchev–Trinajstić information content (AvgIpc) is 2.89. The number of β-amino-alcohol motifs (C(OH)–C–C–N with tert-alkyl or cyclic N) is 1. The summed E-state index contributed by atoms with van der Waals surface area (Å²) in [7, 11) is 0. The van der Waals surface area contributed by atoms with E-state index in [-0.39, 0.29) is 49.9 Å². The molecule has 3 aliphatic rings. The number of carbonyl (C=O) groups excluding carboxylic acids is 2. The summed E-state index contributed by atoms with van der Waals surface area (Å²) >= 11 is 6.09. The van der Waals surface area contributed by atoms with Crippen LogP contribution in [0.4, 0.5) is 15.0 Å². The zero-order valence-electron chi connectivity index (χ0n) is 19.5. The summed E-state index contributed by atoms with van der Waals surface area (Å²) < 4.78 is 26.2. The van der Waals surface area contributed by atoms with Crippen LogP contribution in [0.25, 0.3) is 0 Å². The van der Waals surface area contributed by atoms with Gasteiger partial charge in [0, 0.05) is 31.7 Å². The SMILES string of the molecule is CC(C)(C)OC(=O)N1CCN2C(=O)c3c(N4CC(O)CC4(C)C)nc(Cl)c(F)c3OC[C@H]2C1. The Bertz CT molecular complexity index is 983. The van der Waals surface area contributed by atoms with Crippen molar-refractivity contribution in [1.29, 1.82) is 0 Å². The second-order valence-electron chi connectivity index (χ2n) is 10.4. The van der Waals surface area contributed by atoms with Crippen molar-refractivity contribution in [1.82, 2.24) is 14.8 Å². The van der Waals surface area contributed by atoms with E-state index in [2.05, 4.69) is 4.98 Å². The van der Waals surface area contributed by atoms with Crippen LogP contribution in [-0.4, -0.2) is 88.0 Å². The van der Waals surface area contributed by atoms with E-state index >= 15 is 0 Å². The van der Waals surface area contributed by atoms with E-state index in [1.54, 1.807) is 30.6 Å². The van der Waals surface area contributed by atoms with E-state index < -0.39 is 46.3 Å². The predicted octanol–water partition coefficient (Wildman–Crippen LogP) is 2.68. The number of hydrogen-bond acceptors (Lipinski definition) is 7. The van der Waals surface area contributed by atoms with Gasteiger partial charge in [0.05, 0.1) is 12.1 Å². The molecule has 1 aromatic rings. The number of piperazine rings is 1. The molecule has 0 radical (unpaired) electrons. The molecule has 4 heterocycles. The van der Waals surface area contributed by atoms with E-state index in [1.807, 2.05) is 13.8 Å². The Morgan fingerprint density at radius 3 is 2.61 bits per heavy atom. The highest BCUT2D eigenvalue weighted by molar-refractivity contribution is 6.30. The molecular formula is C22H30ClFN4O5. The first-order valence-corrected chi connectivity index (χ1v) is 11.4. The second kappa shape index (κ2) is 8.16. The van der Waals surface area contributed by atoms with Crippen LogP contribution in [0.5, 0.6) is 5.75 Å². The molecule has 2 atom stereocenters. The van der Waals surface area contributed by atoms with Crippen molar-refractivity contribution in [2.75, 3.05) is 37.7 Å². The summed E-state index contributed by atoms with van der Waals surface area (Å²) in [4.78, 5) is 35.3. The number of aromatic nitrogens is 1. The number of hydrogen-bond donors (Lipinski definition) is 1. The number of rotatable bonds is 1. The molecule has 4 rings (SSSR count). The lowest BCUT2D eigenvalue weighted by molar-refractivity contribution is 0.000863. The lowest BCUT2D eigenvalue weighted by Gasteiger charge is -2.40. The summed E-state index contributed by atoms with van der Waals surface area (Å²) in [5.41, 5.74) is -1.18. The molecule has 2 saturated heterocycles. The van der Waals surface area contributed by atoms with Crippen LogP contribution >= 0.6 is 11.6 Å². The third-order valence-corrected chi connectivity index (χ3v) is 6.43. The molecule has 1 N–H and O–H groups in total. The van der Waals surface area contributed by atoms with Crippen molar-refractivity contribution >= 4 is 29.4 Å². The van der Waals surface area contributed by atoms with Crippen LogP contribution in [-0.2, 0) is 4.74 Å². The summed E-state index contributed by atoms with van der Waals surface area (Å²) in [5.74, 6) is -1.39. The van der Waals surface area contributed by atoms with E-state index in [4.69, 9.17) is 21.1 Å². The van der Waals surface area contributed by atoms with Gasteiger partial charge in [-0.3, -0.25) is 4.79 Å². The monoisotopic (exact) mass is 484 g/mol. The molecule has 182 valence electrons. The summed E-state index contributed by atoms with van der Waals surface area (Å²) in [6.45, 7) is 10.1. The predicted molar refractivity (Wildman–Crippen MR) is 119 cm³/mol. The standard InChI is InChI=1S/C22H30ClFN4O5/c1-21(2,3)33-20(31)26-6-7-27-12(9-26)11-32-16-14(19(27)30)18(25-17(23)15(16)24)28-10-13(29)8-22(28,4)5/h12-13,29H,6-11H2,1-5H3/t12-,13?/m1/s1. The zero-order valence-corrected chi connectivity index (χ0v) is 20.3. The summed E-state index contributed by atoms with van der Waals surface area (Å²) in [6, 6.07) is -0.491. The quantitative estimate of drug-likeness (QED) is 0.612.